The fourth-order valence-electron chi connectivity index (χ4n) is 1.45. The van der Waals surface area contributed by atoms with Gasteiger partial charge in [-0.3, -0.25) is 0 Å². The van der Waals surface area contributed by atoms with Gasteiger partial charge in [-0.25, -0.2) is 4.39 Å². The molecular weight excluding hydrogens is 189 g/mol. The van der Waals surface area contributed by atoms with Crippen molar-refractivity contribution in [3.05, 3.63) is 35.1 Å². The molecule has 0 N–H and O–H groups in total. The summed E-state index contributed by atoms with van der Waals surface area (Å²) in [5, 5.41) is 8.94. The van der Waals surface area contributed by atoms with Crippen molar-refractivity contribution < 1.29 is 4.39 Å². The molecule has 0 saturated carbocycles. The van der Waals surface area contributed by atoms with E-state index in [9.17, 15) is 4.39 Å². The minimum Gasteiger partial charge on any atom is -0.207 e. The number of hydrogen-bond donors (Lipinski definition) is 0. The monoisotopic (exact) mass is 205 g/mol. The number of rotatable bonds is 2. The average molecular weight is 205 g/mol. The number of nitriles is 1. The molecule has 15 heavy (non-hydrogen) atoms. The SMILES string of the molecule is CC(C)c1ccc(C(C)(C)C#N)cc1F. The molecule has 0 saturated heterocycles. The van der Waals surface area contributed by atoms with Crippen LogP contribution in [0.3, 0.4) is 0 Å². The van der Waals surface area contributed by atoms with Crippen LogP contribution in [0.1, 0.15) is 44.7 Å². The van der Waals surface area contributed by atoms with Crippen LogP contribution in [0.25, 0.3) is 0 Å². The van der Waals surface area contributed by atoms with E-state index < -0.39 is 5.41 Å². The van der Waals surface area contributed by atoms with Crippen molar-refractivity contribution in [3.8, 4) is 6.07 Å². The third kappa shape index (κ3) is 2.36. The molecule has 0 radical (unpaired) electrons. The van der Waals surface area contributed by atoms with Crippen molar-refractivity contribution in [1.82, 2.24) is 0 Å². The van der Waals surface area contributed by atoms with Gasteiger partial charge in [0.1, 0.15) is 5.82 Å². The highest BCUT2D eigenvalue weighted by Crippen LogP contribution is 2.26. The van der Waals surface area contributed by atoms with Gasteiger partial charge in [-0.15, -0.1) is 0 Å². The van der Waals surface area contributed by atoms with Crippen LogP contribution >= 0.6 is 0 Å². The zero-order valence-corrected chi connectivity index (χ0v) is 9.63. The number of benzene rings is 1. The van der Waals surface area contributed by atoms with E-state index in [1.54, 1.807) is 19.9 Å². The molecule has 0 aliphatic rings. The Bertz CT molecular complexity index is 399. The van der Waals surface area contributed by atoms with Gasteiger partial charge in [0.05, 0.1) is 11.5 Å². The molecule has 1 nitrogen and oxygen atoms in total. The third-order valence-electron chi connectivity index (χ3n) is 2.62. The van der Waals surface area contributed by atoms with Crippen LogP contribution in [0, 0.1) is 17.1 Å². The maximum atomic E-state index is 13.7. The van der Waals surface area contributed by atoms with Gasteiger partial charge in [-0.2, -0.15) is 5.26 Å². The summed E-state index contributed by atoms with van der Waals surface area (Å²) in [5.74, 6) is -0.0462. The lowest BCUT2D eigenvalue weighted by Crippen LogP contribution is -2.14. The molecule has 0 fully saturated rings. The van der Waals surface area contributed by atoms with Gasteiger partial charge in [-0.05, 0) is 37.0 Å². The lowest BCUT2D eigenvalue weighted by molar-refractivity contribution is 0.587. The van der Waals surface area contributed by atoms with Crippen LogP contribution in [-0.2, 0) is 5.41 Å². The Morgan fingerprint density at radius 2 is 1.93 bits per heavy atom. The molecule has 0 unspecified atom stereocenters. The molecule has 0 spiro atoms. The van der Waals surface area contributed by atoms with E-state index >= 15 is 0 Å². The topological polar surface area (TPSA) is 23.8 Å². The first-order chi connectivity index (χ1) is 6.88. The van der Waals surface area contributed by atoms with E-state index in [1.165, 1.54) is 6.07 Å². The van der Waals surface area contributed by atoms with Gasteiger partial charge < -0.3 is 0 Å². The smallest absolute Gasteiger partial charge is 0.126 e. The van der Waals surface area contributed by atoms with Crippen LogP contribution < -0.4 is 0 Å². The zero-order valence-electron chi connectivity index (χ0n) is 9.63. The average Bonchev–Trinajstić information content (AvgIpc) is 2.17. The fraction of sp³-hybridized carbons (Fsp3) is 0.462. The maximum Gasteiger partial charge on any atom is 0.126 e. The summed E-state index contributed by atoms with van der Waals surface area (Å²) in [6.07, 6.45) is 0. The second-order valence-electron chi connectivity index (χ2n) is 4.63. The Labute approximate surface area is 90.5 Å². The molecule has 0 atom stereocenters. The Morgan fingerprint density at radius 1 is 1.33 bits per heavy atom. The molecule has 0 heterocycles. The van der Waals surface area contributed by atoms with Crippen molar-refractivity contribution in [2.45, 2.75) is 39.0 Å². The van der Waals surface area contributed by atoms with Crippen LogP contribution in [0.4, 0.5) is 4.39 Å². The van der Waals surface area contributed by atoms with E-state index in [0.717, 1.165) is 5.56 Å². The molecule has 0 aliphatic heterocycles. The maximum absolute atomic E-state index is 13.7. The Balaban J connectivity index is 3.19. The Kier molecular flexibility index (Phi) is 3.14. The predicted octanol–water partition coefficient (Wildman–Crippen LogP) is 3.75. The standard InChI is InChI=1S/C13H16FN/c1-9(2)11-6-5-10(7-12(11)14)13(3,4)8-15/h5-7,9H,1-4H3. The van der Waals surface area contributed by atoms with E-state index in [-0.39, 0.29) is 11.7 Å². The van der Waals surface area contributed by atoms with E-state index in [2.05, 4.69) is 6.07 Å². The molecule has 0 bridgehead atoms. The van der Waals surface area contributed by atoms with Gasteiger partial charge in [0.25, 0.3) is 0 Å². The summed E-state index contributed by atoms with van der Waals surface area (Å²) in [7, 11) is 0. The Morgan fingerprint density at radius 3 is 2.33 bits per heavy atom. The van der Waals surface area contributed by atoms with E-state index in [4.69, 9.17) is 5.26 Å². The first kappa shape index (κ1) is 11.7. The molecular formula is C13H16FN. The molecule has 1 aromatic rings. The van der Waals surface area contributed by atoms with Crippen LogP contribution in [0.15, 0.2) is 18.2 Å². The zero-order chi connectivity index (χ0) is 11.6. The van der Waals surface area contributed by atoms with Crippen LogP contribution in [0.2, 0.25) is 0 Å². The van der Waals surface area contributed by atoms with Gasteiger partial charge in [-0.1, -0.05) is 26.0 Å². The first-order valence-electron chi connectivity index (χ1n) is 5.09. The predicted molar refractivity (Wildman–Crippen MR) is 59.1 cm³/mol. The van der Waals surface area contributed by atoms with E-state index in [1.807, 2.05) is 19.9 Å². The fourth-order valence-corrected chi connectivity index (χ4v) is 1.45. The van der Waals surface area contributed by atoms with Gasteiger partial charge in [0.2, 0.25) is 0 Å². The number of hydrogen-bond acceptors (Lipinski definition) is 1. The highest BCUT2D eigenvalue weighted by atomic mass is 19.1. The molecule has 0 amide bonds. The molecule has 0 aromatic heterocycles. The minimum absolute atomic E-state index is 0.171. The minimum atomic E-state index is -0.629. The van der Waals surface area contributed by atoms with Crippen molar-refractivity contribution in [1.29, 1.82) is 5.26 Å². The quantitative estimate of drug-likeness (QED) is 0.721. The lowest BCUT2D eigenvalue weighted by Gasteiger charge is -2.17. The van der Waals surface area contributed by atoms with Gasteiger partial charge in [0, 0.05) is 0 Å². The number of halogens is 1. The normalized spacial score (nSPS) is 11.5. The van der Waals surface area contributed by atoms with Crippen molar-refractivity contribution in [3.63, 3.8) is 0 Å². The second-order valence-corrected chi connectivity index (χ2v) is 4.63. The van der Waals surface area contributed by atoms with E-state index in [0.29, 0.717) is 5.56 Å². The van der Waals surface area contributed by atoms with Gasteiger partial charge in [0.15, 0.2) is 0 Å². The third-order valence-corrected chi connectivity index (χ3v) is 2.62. The van der Waals surface area contributed by atoms with Crippen molar-refractivity contribution in [2.75, 3.05) is 0 Å². The highest BCUT2D eigenvalue weighted by molar-refractivity contribution is 5.34. The van der Waals surface area contributed by atoms with Crippen molar-refractivity contribution >= 4 is 0 Å². The summed E-state index contributed by atoms with van der Waals surface area (Å²) in [4.78, 5) is 0. The molecule has 1 aromatic carbocycles. The largest absolute Gasteiger partial charge is 0.207 e. The molecule has 80 valence electrons. The Hall–Kier alpha value is -1.36. The summed E-state index contributed by atoms with van der Waals surface area (Å²) < 4.78 is 13.7. The summed E-state index contributed by atoms with van der Waals surface area (Å²) in [5.41, 5.74) is 0.801. The molecule has 2 heteroatoms. The second kappa shape index (κ2) is 4.02. The first-order valence-corrected chi connectivity index (χ1v) is 5.09. The van der Waals surface area contributed by atoms with Crippen LogP contribution in [-0.4, -0.2) is 0 Å². The number of nitrogens with zero attached hydrogens (tertiary/aromatic N) is 1. The molecule has 1 rings (SSSR count). The van der Waals surface area contributed by atoms with Crippen molar-refractivity contribution in [2.24, 2.45) is 0 Å². The van der Waals surface area contributed by atoms with Crippen LogP contribution in [0.5, 0.6) is 0 Å². The summed E-state index contributed by atoms with van der Waals surface area (Å²) in [6.45, 7) is 7.48. The van der Waals surface area contributed by atoms with Gasteiger partial charge >= 0.3 is 0 Å². The highest BCUT2D eigenvalue weighted by Gasteiger charge is 2.21. The summed E-state index contributed by atoms with van der Waals surface area (Å²) >= 11 is 0. The summed E-state index contributed by atoms with van der Waals surface area (Å²) in [6, 6.07) is 7.24. The molecule has 0 aliphatic carbocycles. The lowest BCUT2D eigenvalue weighted by atomic mass is 9.85.